The van der Waals surface area contributed by atoms with Gasteiger partial charge in [-0.15, -0.1) is 11.3 Å². The first kappa shape index (κ1) is 12.5. The Bertz CT molecular complexity index is 662. The minimum Gasteiger partial charge on any atom is -0.241 e. The van der Waals surface area contributed by atoms with Crippen LogP contribution < -0.4 is 0 Å². The molecule has 0 fully saturated rings. The fourth-order valence-corrected chi connectivity index (χ4v) is 3.23. The molecule has 0 saturated carbocycles. The number of hydrogen-bond donors (Lipinski definition) is 0. The molecule has 1 aromatic heterocycles. The Morgan fingerprint density at radius 1 is 1.29 bits per heavy atom. The molecule has 3 nitrogen and oxygen atoms in total. The van der Waals surface area contributed by atoms with E-state index in [-0.39, 0.29) is 4.90 Å². The van der Waals surface area contributed by atoms with Crippen LogP contribution in [0.25, 0.3) is 11.3 Å². The summed E-state index contributed by atoms with van der Waals surface area (Å²) in [7, 11) is 1.63. The van der Waals surface area contributed by atoms with Crippen molar-refractivity contribution in [3.63, 3.8) is 0 Å². The molecular weight excluding hydrogens is 278 g/mol. The van der Waals surface area contributed by atoms with Gasteiger partial charge in [-0.3, -0.25) is 0 Å². The Labute approximate surface area is 109 Å². The monoisotopic (exact) mass is 287 g/mol. The largest absolute Gasteiger partial charge is 0.261 e. The Balaban J connectivity index is 2.58. The Morgan fingerprint density at radius 2 is 2.00 bits per heavy atom. The highest BCUT2D eigenvalue weighted by atomic mass is 35.7. The van der Waals surface area contributed by atoms with Gasteiger partial charge >= 0.3 is 0 Å². The van der Waals surface area contributed by atoms with Gasteiger partial charge in [-0.05, 0) is 26.0 Å². The number of nitrogens with zero attached hydrogens (tertiary/aromatic N) is 1. The zero-order valence-corrected chi connectivity index (χ0v) is 11.7. The van der Waals surface area contributed by atoms with E-state index in [0.29, 0.717) is 0 Å². The van der Waals surface area contributed by atoms with Gasteiger partial charge in [0, 0.05) is 21.1 Å². The van der Waals surface area contributed by atoms with Gasteiger partial charge in [0.25, 0.3) is 9.05 Å². The molecule has 6 heteroatoms. The smallest absolute Gasteiger partial charge is 0.241 e. The standard InChI is InChI=1S/C11H10ClNO2S2/c1-7-11(13-8(2)16-7)9-4-3-5-10(6-9)17(12,14)15/h3-6H,1-2H3. The first-order chi connectivity index (χ1) is 7.88. The highest BCUT2D eigenvalue weighted by Crippen LogP contribution is 2.29. The average molecular weight is 288 g/mol. The summed E-state index contributed by atoms with van der Waals surface area (Å²) < 4.78 is 22.5. The van der Waals surface area contributed by atoms with Gasteiger partial charge in [-0.2, -0.15) is 0 Å². The van der Waals surface area contributed by atoms with Crippen molar-refractivity contribution in [2.75, 3.05) is 0 Å². The van der Waals surface area contributed by atoms with Gasteiger partial charge in [-0.1, -0.05) is 12.1 Å². The molecule has 90 valence electrons. The summed E-state index contributed by atoms with van der Waals surface area (Å²) in [5, 5.41) is 0.955. The van der Waals surface area contributed by atoms with Crippen molar-refractivity contribution in [2.45, 2.75) is 18.7 Å². The second-order valence-electron chi connectivity index (χ2n) is 3.60. The van der Waals surface area contributed by atoms with E-state index in [9.17, 15) is 8.42 Å². The van der Waals surface area contributed by atoms with Crippen molar-refractivity contribution in [1.29, 1.82) is 0 Å². The molecule has 0 spiro atoms. The molecular formula is C11H10ClNO2S2. The second kappa shape index (κ2) is 4.40. The fourth-order valence-electron chi connectivity index (χ4n) is 1.59. The molecule has 0 bridgehead atoms. The molecule has 0 N–H and O–H groups in total. The maximum Gasteiger partial charge on any atom is 0.261 e. The summed E-state index contributed by atoms with van der Waals surface area (Å²) in [6.07, 6.45) is 0. The van der Waals surface area contributed by atoms with E-state index in [1.54, 1.807) is 23.5 Å². The van der Waals surface area contributed by atoms with Crippen molar-refractivity contribution < 1.29 is 8.42 Å². The van der Waals surface area contributed by atoms with Crippen LogP contribution in [0.4, 0.5) is 0 Å². The molecule has 0 aliphatic heterocycles. The summed E-state index contributed by atoms with van der Waals surface area (Å²) >= 11 is 1.58. The summed E-state index contributed by atoms with van der Waals surface area (Å²) in [6.45, 7) is 3.88. The average Bonchev–Trinajstić information content (AvgIpc) is 2.57. The number of rotatable bonds is 2. The van der Waals surface area contributed by atoms with Crippen LogP contribution >= 0.6 is 22.0 Å². The van der Waals surface area contributed by atoms with E-state index in [4.69, 9.17) is 10.7 Å². The molecule has 0 atom stereocenters. The summed E-state index contributed by atoms with van der Waals surface area (Å²) in [5.74, 6) is 0. The molecule has 0 unspecified atom stereocenters. The molecule has 2 rings (SSSR count). The number of thiazole rings is 1. The highest BCUT2D eigenvalue weighted by molar-refractivity contribution is 8.13. The number of aromatic nitrogens is 1. The fraction of sp³-hybridized carbons (Fsp3) is 0.182. The lowest BCUT2D eigenvalue weighted by atomic mass is 10.1. The first-order valence-corrected chi connectivity index (χ1v) is 7.99. The molecule has 1 heterocycles. The third kappa shape index (κ3) is 2.68. The van der Waals surface area contributed by atoms with E-state index in [1.807, 2.05) is 19.9 Å². The van der Waals surface area contributed by atoms with E-state index in [2.05, 4.69) is 4.98 Å². The lowest BCUT2D eigenvalue weighted by molar-refractivity contribution is 0.609. The Hall–Kier alpha value is -0.910. The SMILES string of the molecule is Cc1nc(-c2cccc(S(=O)(=O)Cl)c2)c(C)s1. The van der Waals surface area contributed by atoms with Crippen molar-refractivity contribution in [2.24, 2.45) is 0 Å². The normalized spacial score (nSPS) is 11.7. The lowest BCUT2D eigenvalue weighted by Crippen LogP contribution is -1.91. The third-order valence-corrected chi connectivity index (χ3v) is 4.53. The maximum absolute atomic E-state index is 11.3. The van der Waals surface area contributed by atoms with Crippen molar-refractivity contribution in [3.05, 3.63) is 34.2 Å². The lowest BCUT2D eigenvalue weighted by Gasteiger charge is -2.01. The molecule has 0 radical (unpaired) electrons. The van der Waals surface area contributed by atoms with E-state index < -0.39 is 9.05 Å². The van der Waals surface area contributed by atoms with Crippen LogP contribution in [0.1, 0.15) is 9.88 Å². The van der Waals surface area contributed by atoms with Gasteiger partial charge < -0.3 is 0 Å². The Morgan fingerprint density at radius 3 is 2.53 bits per heavy atom. The predicted octanol–water partition coefficient (Wildman–Crippen LogP) is 3.35. The van der Waals surface area contributed by atoms with Crippen LogP contribution in [-0.2, 0) is 9.05 Å². The quantitative estimate of drug-likeness (QED) is 0.796. The number of aryl methyl sites for hydroxylation is 2. The molecule has 0 aliphatic carbocycles. The highest BCUT2D eigenvalue weighted by Gasteiger charge is 2.13. The molecule has 1 aromatic carbocycles. The van der Waals surface area contributed by atoms with Crippen molar-refractivity contribution >= 4 is 31.1 Å². The van der Waals surface area contributed by atoms with Gasteiger partial charge in [0.15, 0.2) is 0 Å². The molecule has 17 heavy (non-hydrogen) atoms. The van der Waals surface area contributed by atoms with E-state index in [1.165, 1.54) is 6.07 Å². The second-order valence-corrected chi connectivity index (χ2v) is 7.58. The zero-order valence-electron chi connectivity index (χ0n) is 9.27. The van der Waals surface area contributed by atoms with Crippen LogP contribution in [0.15, 0.2) is 29.2 Å². The van der Waals surface area contributed by atoms with Crippen molar-refractivity contribution in [1.82, 2.24) is 4.98 Å². The molecule has 0 saturated heterocycles. The van der Waals surface area contributed by atoms with E-state index >= 15 is 0 Å². The molecule has 2 aromatic rings. The number of benzene rings is 1. The van der Waals surface area contributed by atoms with Crippen LogP contribution in [0.2, 0.25) is 0 Å². The van der Waals surface area contributed by atoms with Gasteiger partial charge in [-0.25, -0.2) is 13.4 Å². The van der Waals surface area contributed by atoms with Crippen LogP contribution in [0, 0.1) is 13.8 Å². The molecule has 0 aliphatic rings. The van der Waals surface area contributed by atoms with Gasteiger partial charge in [0.1, 0.15) is 0 Å². The minimum atomic E-state index is -3.69. The number of halogens is 1. The molecule has 0 amide bonds. The van der Waals surface area contributed by atoms with Gasteiger partial charge in [0.2, 0.25) is 0 Å². The summed E-state index contributed by atoms with van der Waals surface area (Å²) in [6, 6.07) is 6.51. The van der Waals surface area contributed by atoms with Crippen molar-refractivity contribution in [3.8, 4) is 11.3 Å². The van der Waals surface area contributed by atoms with Gasteiger partial charge in [0.05, 0.1) is 15.6 Å². The van der Waals surface area contributed by atoms with Crippen LogP contribution in [-0.4, -0.2) is 13.4 Å². The third-order valence-electron chi connectivity index (χ3n) is 2.29. The Kier molecular flexibility index (Phi) is 3.25. The minimum absolute atomic E-state index is 0.0988. The first-order valence-electron chi connectivity index (χ1n) is 4.87. The van der Waals surface area contributed by atoms with Crippen LogP contribution in [0.5, 0.6) is 0 Å². The topological polar surface area (TPSA) is 47.0 Å². The number of hydrogen-bond acceptors (Lipinski definition) is 4. The maximum atomic E-state index is 11.3. The summed E-state index contributed by atoms with van der Waals surface area (Å²) in [5.41, 5.74) is 1.59. The predicted molar refractivity (Wildman–Crippen MR) is 70.1 cm³/mol. The van der Waals surface area contributed by atoms with Crippen LogP contribution in [0.3, 0.4) is 0 Å². The zero-order chi connectivity index (χ0) is 12.6. The van der Waals surface area contributed by atoms with E-state index in [0.717, 1.165) is 21.1 Å². The summed E-state index contributed by atoms with van der Waals surface area (Å²) in [4.78, 5) is 5.54.